The van der Waals surface area contributed by atoms with Crippen LogP contribution in [-0.4, -0.2) is 18.4 Å². The van der Waals surface area contributed by atoms with Crippen molar-refractivity contribution in [1.29, 1.82) is 0 Å². The van der Waals surface area contributed by atoms with Crippen LogP contribution in [0.15, 0.2) is 48.5 Å². The first kappa shape index (κ1) is 12.3. The molecule has 0 fully saturated rings. The molecule has 0 spiro atoms. The molecule has 5 heteroatoms. The molecule has 2 aromatic carbocycles. The van der Waals surface area contributed by atoms with Crippen molar-refractivity contribution in [3.63, 3.8) is 0 Å². The minimum Gasteiger partial charge on any atom is -0.323 e. The van der Waals surface area contributed by atoms with Gasteiger partial charge in [0, 0.05) is 5.56 Å². The maximum atomic E-state index is 13.2. The van der Waals surface area contributed by atoms with Gasteiger partial charge in [-0.3, -0.25) is 14.5 Å². The average Bonchev–Trinajstić information content (AvgIpc) is 2.45. The van der Waals surface area contributed by atoms with Crippen LogP contribution < -0.4 is 10.2 Å². The van der Waals surface area contributed by atoms with Crippen LogP contribution in [-0.2, 0) is 4.79 Å². The maximum absolute atomic E-state index is 13.2. The van der Waals surface area contributed by atoms with Gasteiger partial charge in [-0.05, 0) is 30.3 Å². The lowest BCUT2D eigenvalue weighted by atomic mass is 10.1. The number of benzene rings is 2. The zero-order valence-electron chi connectivity index (χ0n) is 10.5. The van der Waals surface area contributed by atoms with E-state index < -0.39 is 11.7 Å². The summed E-state index contributed by atoms with van der Waals surface area (Å²) in [6.45, 7) is -0.0770. The van der Waals surface area contributed by atoms with E-state index in [0.29, 0.717) is 11.4 Å². The molecular formula is C15H11FN2O2. The number of nitrogens with zero attached hydrogens (tertiary/aromatic N) is 1. The van der Waals surface area contributed by atoms with E-state index in [4.69, 9.17) is 0 Å². The number of carbonyl (C=O) groups is 2. The van der Waals surface area contributed by atoms with Crippen LogP contribution in [0.2, 0.25) is 0 Å². The summed E-state index contributed by atoms with van der Waals surface area (Å²) in [5, 5.41) is 2.70. The molecule has 0 atom stereocenters. The summed E-state index contributed by atoms with van der Waals surface area (Å²) in [5.74, 6) is -1.15. The fraction of sp³-hybridized carbons (Fsp3) is 0.0667. The van der Waals surface area contributed by atoms with E-state index in [-0.39, 0.29) is 18.0 Å². The van der Waals surface area contributed by atoms with Crippen LogP contribution >= 0.6 is 0 Å². The van der Waals surface area contributed by atoms with Gasteiger partial charge >= 0.3 is 0 Å². The standard InChI is InChI=1S/C15H11FN2O2/c16-11-5-3-4-10(8-11)15(20)18-9-14(19)17-12-6-1-2-7-13(12)18/h1-8H,9H2,(H,17,19). The average molecular weight is 270 g/mol. The highest BCUT2D eigenvalue weighted by molar-refractivity contribution is 6.15. The molecule has 3 rings (SSSR count). The Hall–Kier alpha value is -2.69. The summed E-state index contributed by atoms with van der Waals surface area (Å²) < 4.78 is 13.2. The summed E-state index contributed by atoms with van der Waals surface area (Å²) in [6.07, 6.45) is 0. The van der Waals surface area contributed by atoms with Crippen molar-refractivity contribution in [2.75, 3.05) is 16.8 Å². The molecule has 20 heavy (non-hydrogen) atoms. The van der Waals surface area contributed by atoms with Gasteiger partial charge in [-0.15, -0.1) is 0 Å². The maximum Gasteiger partial charge on any atom is 0.258 e. The van der Waals surface area contributed by atoms with Crippen LogP contribution in [0.25, 0.3) is 0 Å². The van der Waals surface area contributed by atoms with Gasteiger partial charge in [0.2, 0.25) is 5.91 Å². The molecule has 1 N–H and O–H groups in total. The lowest BCUT2D eigenvalue weighted by Gasteiger charge is -2.29. The van der Waals surface area contributed by atoms with Crippen LogP contribution in [0, 0.1) is 5.82 Å². The molecular weight excluding hydrogens is 259 g/mol. The van der Waals surface area contributed by atoms with Crippen LogP contribution in [0.4, 0.5) is 15.8 Å². The number of anilines is 2. The molecule has 1 heterocycles. The first-order chi connectivity index (χ1) is 9.65. The van der Waals surface area contributed by atoms with E-state index in [9.17, 15) is 14.0 Å². The number of hydrogen-bond acceptors (Lipinski definition) is 2. The molecule has 0 saturated carbocycles. The Balaban J connectivity index is 2.02. The van der Waals surface area contributed by atoms with Gasteiger partial charge < -0.3 is 5.32 Å². The van der Waals surface area contributed by atoms with Crippen LogP contribution in [0.3, 0.4) is 0 Å². The minimum absolute atomic E-state index is 0.0770. The van der Waals surface area contributed by atoms with Crippen molar-refractivity contribution in [3.8, 4) is 0 Å². The van der Waals surface area contributed by atoms with Crippen molar-refractivity contribution < 1.29 is 14.0 Å². The third-order valence-corrected chi connectivity index (χ3v) is 3.09. The Labute approximate surface area is 114 Å². The van der Waals surface area contributed by atoms with E-state index in [1.807, 2.05) is 0 Å². The van der Waals surface area contributed by atoms with E-state index >= 15 is 0 Å². The summed E-state index contributed by atoms with van der Waals surface area (Å²) in [4.78, 5) is 25.4. The number of hydrogen-bond donors (Lipinski definition) is 1. The molecule has 1 aliphatic heterocycles. The van der Waals surface area contributed by atoms with E-state index in [1.165, 1.54) is 23.1 Å². The van der Waals surface area contributed by atoms with Gasteiger partial charge in [0.05, 0.1) is 11.4 Å². The second kappa shape index (κ2) is 4.77. The highest BCUT2D eigenvalue weighted by Gasteiger charge is 2.27. The molecule has 100 valence electrons. The molecule has 1 aliphatic rings. The Morgan fingerprint density at radius 1 is 1.15 bits per heavy atom. The van der Waals surface area contributed by atoms with Gasteiger partial charge in [0.1, 0.15) is 12.4 Å². The normalized spacial score (nSPS) is 13.7. The van der Waals surface area contributed by atoms with Crippen molar-refractivity contribution in [2.24, 2.45) is 0 Å². The molecule has 0 aliphatic carbocycles. The topological polar surface area (TPSA) is 49.4 Å². The molecule has 4 nitrogen and oxygen atoms in total. The second-order valence-electron chi connectivity index (χ2n) is 4.47. The van der Waals surface area contributed by atoms with Crippen LogP contribution in [0.5, 0.6) is 0 Å². The Morgan fingerprint density at radius 3 is 2.75 bits per heavy atom. The fourth-order valence-corrected chi connectivity index (χ4v) is 2.19. The molecule has 2 amide bonds. The Morgan fingerprint density at radius 2 is 1.95 bits per heavy atom. The van der Waals surface area contributed by atoms with Gasteiger partial charge in [0.25, 0.3) is 5.91 Å². The van der Waals surface area contributed by atoms with E-state index in [2.05, 4.69) is 5.32 Å². The lowest BCUT2D eigenvalue weighted by Crippen LogP contribution is -2.42. The summed E-state index contributed by atoms with van der Waals surface area (Å²) in [7, 11) is 0. The highest BCUT2D eigenvalue weighted by atomic mass is 19.1. The Bertz CT molecular complexity index is 700. The second-order valence-corrected chi connectivity index (χ2v) is 4.47. The monoisotopic (exact) mass is 270 g/mol. The van der Waals surface area contributed by atoms with Crippen molar-refractivity contribution in [2.45, 2.75) is 0 Å². The zero-order chi connectivity index (χ0) is 14.1. The smallest absolute Gasteiger partial charge is 0.258 e. The molecule has 0 unspecified atom stereocenters. The lowest BCUT2D eigenvalue weighted by molar-refractivity contribution is -0.115. The zero-order valence-corrected chi connectivity index (χ0v) is 10.5. The number of para-hydroxylation sites is 2. The van der Waals surface area contributed by atoms with E-state index in [1.54, 1.807) is 24.3 Å². The molecule has 0 radical (unpaired) electrons. The number of nitrogens with one attached hydrogen (secondary N) is 1. The van der Waals surface area contributed by atoms with Crippen molar-refractivity contribution >= 4 is 23.2 Å². The third kappa shape index (κ3) is 2.14. The predicted molar refractivity (Wildman–Crippen MR) is 73.1 cm³/mol. The quantitative estimate of drug-likeness (QED) is 0.865. The summed E-state index contributed by atoms with van der Waals surface area (Å²) in [6, 6.07) is 12.5. The van der Waals surface area contributed by atoms with Gasteiger partial charge in [-0.25, -0.2) is 4.39 Å². The largest absolute Gasteiger partial charge is 0.323 e. The molecule has 2 aromatic rings. The first-order valence-electron chi connectivity index (χ1n) is 6.11. The van der Waals surface area contributed by atoms with Crippen molar-refractivity contribution in [1.82, 2.24) is 0 Å². The third-order valence-electron chi connectivity index (χ3n) is 3.09. The van der Waals surface area contributed by atoms with E-state index in [0.717, 1.165) is 6.07 Å². The van der Waals surface area contributed by atoms with Gasteiger partial charge in [0.15, 0.2) is 0 Å². The number of fused-ring (bicyclic) bond motifs is 1. The highest BCUT2D eigenvalue weighted by Crippen LogP contribution is 2.30. The Kier molecular flexibility index (Phi) is 2.95. The number of halogens is 1. The molecule has 0 aromatic heterocycles. The van der Waals surface area contributed by atoms with Gasteiger partial charge in [-0.2, -0.15) is 0 Å². The van der Waals surface area contributed by atoms with Gasteiger partial charge in [-0.1, -0.05) is 18.2 Å². The first-order valence-corrected chi connectivity index (χ1v) is 6.11. The SMILES string of the molecule is O=C1CN(C(=O)c2cccc(F)c2)c2ccccc2N1. The van der Waals surface area contributed by atoms with Crippen molar-refractivity contribution in [3.05, 3.63) is 59.9 Å². The fourth-order valence-electron chi connectivity index (χ4n) is 2.19. The number of carbonyl (C=O) groups excluding carboxylic acids is 2. The predicted octanol–water partition coefficient (Wildman–Crippen LogP) is 2.42. The van der Waals surface area contributed by atoms with Crippen LogP contribution in [0.1, 0.15) is 10.4 Å². The molecule has 0 bridgehead atoms. The number of rotatable bonds is 1. The number of amides is 2. The summed E-state index contributed by atoms with van der Waals surface area (Å²) in [5.41, 5.74) is 1.41. The minimum atomic E-state index is -0.481. The summed E-state index contributed by atoms with van der Waals surface area (Å²) >= 11 is 0. The molecule has 0 saturated heterocycles.